The Balaban J connectivity index is 2.70. The molecule has 1 aromatic heterocycles. The second-order valence-corrected chi connectivity index (χ2v) is 6.10. The van der Waals surface area contributed by atoms with Crippen molar-refractivity contribution >= 4 is 11.8 Å². The first-order valence-electron chi connectivity index (χ1n) is 7.78. The summed E-state index contributed by atoms with van der Waals surface area (Å²) in [6.45, 7) is 11.6. The van der Waals surface area contributed by atoms with Gasteiger partial charge in [0, 0.05) is 22.8 Å². The van der Waals surface area contributed by atoms with Crippen molar-refractivity contribution in [3.63, 3.8) is 0 Å². The molecule has 5 nitrogen and oxygen atoms in total. The number of hydrogen-bond acceptors (Lipinski definition) is 3. The van der Waals surface area contributed by atoms with Gasteiger partial charge in [-0.05, 0) is 32.9 Å². The summed E-state index contributed by atoms with van der Waals surface area (Å²) < 4.78 is 5.24. The molecule has 0 atom stereocenters. The standard InChI is InChI=1S/C19H25N3O2/c1-7-10-14(8-2)11-12-15(9-3)20-18(23)21-17-13-16(24-22-17)19(4,5)6/h8-9,11-13H,1-6H3,(H2,20,21,22,23)/b12-11-,14-8-,15-9+. The van der Waals surface area contributed by atoms with Crippen LogP contribution >= 0.6 is 0 Å². The first-order chi connectivity index (χ1) is 11.3. The molecule has 2 amide bonds. The van der Waals surface area contributed by atoms with Gasteiger partial charge in [-0.1, -0.05) is 44.0 Å². The predicted molar refractivity (Wildman–Crippen MR) is 97.5 cm³/mol. The van der Waals surface area contributed by atoms with Crippen molar-refractivity contribution in [2.45, 2.75) is 47.0 Å². The molecule has 1 heterocycles. The zero-order valence-corrected chi connectivity index (χ0v) is 15.2. The number of carbonyl (C=O) groups excluding carboxylic acids is 1. The number of rotatable bonds is 4. The Morgan fingerprint density at radius 3 is 2.46 bits per heavy atom. The van der Waals surface area contributed by atoms with Crippen molar-refractivity contribution in [3.05, 3.63) is 47.4 Å². The summed E-state index contributed by atoms with van der Waals surface area (Å²) >= 11 is 0. The van der Waals surface area contributed by atoms with E-state index < -0.39 is 0 Å². The van der Waals surface area contributed by atoms with Gasteiger partial charge in [0.15, 0.2) is 5.82 Å². The number of urea groups is 1. The van der Waals surface area contributed by atoms with Crippen molar-refractivity contribution in [1.82, 2.24) is 10.5 Å². The van der Waals surface area contributed by atoms with Crippen LogP contribution in [0.4, 0.5) is 10.6 Å². The summed E-state index contributed by atoms with van der Waals surface area (Å²) in [6, 6.07) is 1.34. The van der Waals surface area contributed by atoms with Gasteiger partial charge in [0.25, 0.3) is 0 Å². The van der Waals surface area contributed by atoms with Crippen LogP contribution in [0, 0.1) is 11.8 Å². The fourth-order valence-electron chi connectivity index (χ4n) is 1.71. The summed E-state index contributed by atoms with van der Waals surface area (Å²) in [6.07, 6.45) is 7.35. The number of amides is 2. The van der Waals surface area contributed by atoms with E-state index in [1.807, 2.05) is 46.8 Å². The zero-order chi connectivity index (χ0) is 18.2. The van der Waals surface area contributed by atoms with Gasteiger partial charge < -0.3 is 9.84 Å². The van der Waals surface area contributed by atoms with Crippen LogP contribution in [0.2, 0.25) is 0 Å². The quantitative estimate of drug-likeness (QED) is 0.631. The normalized spacial score (nSPS) is 12.8. The van der Waals surface area contributed by atoms with E-state index in [1.54, 1.807) is 25.1 Å². The molecule has 24 heavy (non-hydrogen) atoms. The van der Waals surface area contributed by atoms with E-state index >= 15 is 0 Å². The van der Waals surface area contributed by atoms with Crippen molar-refractivity contribution in [1.29, 1.82) is 0 Å². The summed E-state index contributed by atoms with van der Waals surface area (Å²) in [5, 5.41) is 9.26. The van der Waals surface area contributed by atoms with Gasteiger partial charge in [0.1, 0.15) is 5.76 Å². The molecule has 0 aliphatic heterocycles. The molecule has 5 heteroatoms. The molecule has 0 aromatic carbocycles. The third kappa shape index (κ3) is 6.17. The monoisotopic (exact) mass is 327 g/mol. The highest BCUT2D eigenvalue weighted by Gasteiger charge is 2.20. The van der Waals surface area contributed by atoms with E-state index in [4.69, 9.17) is 4.52 Å². The first kappa shape index (κ1) is 19.3. The Labute approximate surface area is 143 Å². The fourth-order valence-corrected chi connectivity index (χ4v) is 1.71. The van der Waals surface area contributed by atoms with Gasteiger partial charge >= 0.3 is 6.03 Å². The van der Waals surface area contributed by atoms with Crippen LogP contribution in [0.25, 0.3) is 0 Å². The van der Waals surface area contributed by atoms with E-state index in [2.05, 4.69) is 27.6 Å². The van der Waals surface area contributed by atoms with Crippen LogP contribution in [-0.4, -0.2) is 11.2 Å². The third-order valence-electron chi connectivity index (χ3n) is 3.08. The lowest BCUT2D eigenvalue weighted by atomic mass is 9.93. The van der Waals surface area contributed by atoms with E-state index in [0.717, 1.165) is 5.57 Å². The molecular formula is C19H25N3O2. The average molecular weight is 327 g/mol. The number of nitrogens with zero attached hydrogens (tertiary/aromatic N) is 1. The number of allylic oxidation sites excluding steroid dienone is 5. The maximum Gasteiger partial charge on any atom is 0.324 e. The Hall–Kier alpha value is -2.74. The summed E-state index contributed by atoms with van der Waals surface area (Å²) in [4.78, 5) is 12.1. The number of hydrogen-bond donors (Lipinski definition) is 2. The molecule has 128 valence electrons. The highest BCUT2D eigenvalue weighted by molar-refractivity contribution is 5.89. The molecule has 1 aromatic rings. The summed E-state index contributed by atoms with van der Waals surface area (Å²) in [5.74, 6) is 6.89. The van der Waals surface area contributed by atoms with Gasteiger partial charge in [-0.2, -0.15) is 0 Å². The minimum Gasteiger partial charge on any atom is -0.359 e. The van der Waals surface area contributed by atoms with Crippen LogP contribution in [0.15, 0.2) is 46.2 Å². The molecule has 0 bridgehead atoms. The van der Waals surface area contributed by atoms with Gasteiger partial charge in [0.05, 0.1) is 0 Å². The van der Waals surface area contributed by atoms with E-state index in [9.17, 15) is 4.79 Å². The van der Waals surface area contributed by atoms with Crippen LogP contribution in [0.5, 0.6) is 0 Å². The minimum atomic E-state index is -0.384. The lowest BCUT2D eigenvalue weighted by Gasteiger charge is -2.12. The van der Waals surface area contributed by atoms with Crippen LogP contribution < -0.4 is 10.6 Å². The Morgan fingerprint density at radius 1 is 1.25 bits per heavy atom. The molecule has 0 radical (unpaired) electrons. The SMILES string of the molecule is CC#CC(/C=C\C(=C/C)NC(=O)Nc1cc(C(C)(C)C)on1)=C/C. The van der Waals surface area contributed by atoms with Crippen LogP contribution in [0.1, 0.15) is 47.3 Å². The summed E-state index contributed by atoms with van der Waals surface area (Å²) in [7, 11) is 0. The van der Waals surface area contributed by atoms with Gasteiger partial charge in [-0.3, -0.25) is 5.32 Å². The van der Waals surface area contributed by atoms with Crippen LogP contribution in [-0.2, 0) is 5.41 Å². The Morgan fingerprint density at radius 2 is 1.96 bits per heavy atom. The molecule has 0 aliphatic rings. The highest BCUT2D eigenvalue weighted by atomic mass is 16.5. The average Bonchev–Trinajstić information content (AvgIpc) is 2.98. The number of anilines is 1. The smallest absolute Gasteiger partial charge is 0.324 e. The molecule has 0 saturated heterocycles. The lowest BCUT2D eigenvalue weighted by Crippen LogP contribution is -2.27. The molecule has 0 unspecified atom stereocenters. The topological polar surface area (TPSA) is 67.2 Å². The van der Waals surface area contributed by atoms with E-state index in [-0.39, 0.29) is 11.4 Å². The summed E-state index contributed by atoms with van der Waals surface area (Å²) in [5.41, 5.74) is 1.37. The molecule has 2 N–H and O–H groups in total. The molecular weight excluding hydrogens is 302 g/mol. The molecule has 0 aliphatic carbocycles. The third-order valence-corrected chi connectivity index (χ3v) is 3.08. The Bertz CT molecular complexity index is 720. The number of carbonyl (C=O) groups is 1. The van der Waals surface area contributed by atoms with E-state index in [0.29, 0.717) is 17.3 Å². The van der Waals surface area contributed by atoms with Gasteiger partial charge in [-0.15, -0.1) is 5.92 Å². The molecule has 1 rings (SSSR count). The molecule has 0 spiro atoms. The second kappa shape index (κ2) is 8.78. The maximum atomic E-state index is 12.1. The lowest BCUT2D eigenvalue weighted by molar-refractivity contribution is 0.254. The Kier molecular flexibility index (Phi) is 7.06. The second-order valence-electron chi connectivity index (χ2n) is 6.10. The van der Waals surface area contributed by atoms with Crippen molar-refractivity contribution in [2.24, 2.45) is 0 Å². The largest absolute Gasteiger partial charge is 0.359 e. The number of nitrogens with one attached hydrogen (secondary N) is 2. The highest BCUT2D eigenvalue weighted by Crippen LogP contribution is 2.24. The van der Waals surface area contributed by atoms with E-state index in [1.165, 1.54) is 0 Å². The van der Waals surface area contributed by atoms with Crippen molar-refractivity contribution in [3.8, 4) is 11.8 Å². The fraction of sp³-hybridized carbons (Fsp3) is 0.368. The van der Waals surface area contributed by atoms with Crippen molar-refractivity contribution < 1.29 is 9.32 Å². The number of aromatic nitrogens is 1. The van der Waals surface area contributed by atoms with Gasteiger partial charge in [-0.25, -0.2) is 4.79 Å². The molecule has 0 saturated carbocycles. The predicted octanol–water partition coefficient (Wildman–Crippen LogP) is 4.52. The maximum absolute atomic E-state index is 12.1. The zero-order valence-electron chi connectivity index (χ0n) is 15.2. The first-order valence-corrected chi connectivity index (χ1v) is 7.78. The van der Waals surface area contributed by atoms with Gasteiger partial charge in [0.2, 0.25) is 0 Å². The molecule has 0 fully saturated rings. The van der Waals surface area contributed by atoms with Crippen LogP contribution in [0.3, 0.4) is 0 Å². The minimum absolute atomic E-state index is 0.163. The van der Waals surface area contributed by atoms with Crippen molar-refractivity contribution in [2.75, 3.05) is 5.32 Å².